The van der Waals surface area contributed by atoms with Gasteiger partial charge in [-0.05, 0) is 78.9 Å². The molecule has 0 bridgehead atoms. The summed E-state index contributed by atoms with van der Waals surface area (Å²) < 4.78 is 24.0. The van der Waals surface area contributed by atoms with Gasteiger partial charge in [-0.15, -0.1) is 0 Å². The number of rotatable bonds is 7. The van der Waals surface area contributed by atoms with Crippen molar-refractivity contribution in [2.24, 2.45) is 4.99 Å². The summed E-state index contributed by atoms with van der Waals surface area (Å²) in [5.74, 6) is -0.246. The van der Waals surface area contributed by atoms with Gasteiger partial charge in [-0.1, -0.05) is 23.8 Å². The fourth-order valence-corrected chi connectivity index (χ4v) is 3.98. The van der Waals surface area contributed by atoms with Crippen LogP contribution in [0.2, 0.25) is 0 Å². The van der Waals surface area contributed by atoms with E-state index >= 15 is 0 Å². The molecule has 2 N–H and O–H groups in total. The van der Waals surface area contributed by atoms with Crippen LogP contribution in [0.3, 0.4) is 0 Å². The van der Waals surface area contributed by atoms with Gasteiger partial charge in [0.05, 0.1) is 17.7 Å². The highest BCUT2D eigenvalue weighted by Crippen LogP contribution is 2.32. The van der Waals surface area contributed by atoms with Crippen LogP contribution < -0.4 is 20.1 Å². The Morgan fingerprint density at radius 2 is 1.83 bits per heavy atom. The molecular formula is C26H22FN3O4S. The normalized spacial score (nSPS) is 15.2. The number of carbonyl (C=O) groups is 2. The first-order valence-corrected chi connectivity index (χ1v) is 11.4. The van der Waals surface area contributed by atoms with Crippen molar-refractivity contribution in [2.45, 2.75) is 6.92 Å². The Morgan fingerprint density at radius 1 is 1.09 bits per heavy atom. The number of aliphatic imine (C=N–C) groups is 1. The van der Waals surface area contributed by atoms with E-state index in [9.17, 15) is 14.0 Å². The van der Waals surface area contributed by atoms with Crippen molar-refractivity contribution in [1.29, 1.82) is 0 Å². The van der Waals surface area contributed by atoms with Crippen LogP contribution in [-0.2, 0) is 9.59 Å². The number of halogens is 1. The first-order valence-electron chi connectivity index (χ1n) is 10.6. The third-order valence-corrected chi connectivity index (χ3v) is 5.80. The molecule has 0 saturated carbocycles. The number of thioether (sulfide) groups is 1. The van der Waals surface area contributed by atoms with Crippen molar-refractivity contribution >= 4 is 46.2 Å². The predicted molar refractivity (Wildman–Crippen MR) is 136 cm³/mol. The molecule has 35 heavy (non-hydrogen) atoms. The van der Waals surface area contributed by atoms with Crippen LogP contribution in [0.25, 0.3) is 6.08 Å². The average molecular weight is 492 g/mol. The van der Waals surface area contributed by atoms with E-state index in [4.69, 9.17) is 9.47 Å². The maximum absolute atomic E-state index is 13.0. The molecule has 2 amide bonds. The predicted octanol–water partition coefficient (Wildman–Crippen LogP) is 5.05. The van der Waals surface area contributed by atoms with E-state index in [1.165, 1.54) is 43.1 Å². The molecule has 1 heterocycles. The maximum atomic E-state index is 13.0. The van der Waals surface area contributed by atoms with Crippen LogP contribution in [0.1, 0.15) is 11.1 Å². The number of benzene rings is 3. The SMILES string of the molecule is COc1cc(/C=C2/SC(=Nc3ccc(C)cc3)NC2=O)ccc1OCC(=O)Nc1ccc(F)cc1. The molecule has 4 rings (SSSR count). The van der Waals surface area contributed by atoms with Crippen molar-refractivity contribution in [2.75, 3.05) is 19.0 Å². The van der Waals surface area contributed by atoms with Gasteiger partial charge in [0, 0.05) is 5.69 Å². The second-order valence-electron chi connectivity index (χ2n) is 7.57. The van der Waals surface area contributed by atoms with E-state index in [0.29, 0.717) is 27.3 Å². The standard InChI is InChI=1S/C26H22FN3O4S/c1-16-3-8-20(9-4-16)29-26-30-25(32)23(35-26)14-17-5-12-21(22(13-17)33-2)34-15-24(31)28-19-10-6-18(27)7-11-19/h3-14H,15H2,1-2H3,(H,28,31)(H,29,30,32)/b23-14+. The number of amidine groups is 1. The van der Waals surface area contributed by atoms with Crippen LogP contribution in [0.15, 0.2) is 76.6 Å². The molecule has 1 saturated heterocycles. The van der Waals surface area contributed by atoms with Crippen molar-refractivity contribution in [1.82, 2.24) is 5.32 Å². The topological polar surface area (TPSA) is 89.0 Å². The van der Waals surface area contributed by atoms with Gasteiger partial charge in [0.15, 0.2) is 23.3 Å². The number of carbonyl (C=O) groups excluding carboxylic acids is 2. The Labute approximate surface area is 206 Å². The first-order chi connectivity index (χ1) is 16.9. The molecule has 7 nitrogen and oxygen atoms in total. The van der Waals surface area contributed by atoms with Crippen molar-refractivity contribution < 1.29 is 23.5 Å². The summed E-state index contributed by atoms with van der Waals surface area (Å²) >= 11 is 1.25. The molecule has 1 aliphatic heterocycles. The van der Waals surface area contributed by atoms with Crippen LogP contribution in [0.4, 0.5) is 15.8 Å². The summed E-state index contributed by atoms with van der Waals surface area (Å²) in [6.07, 6.45) is 1.73. The third kappa shape index (κ3) is 6.48. The summed E-state index contributed by atoms with van der Waals surface area (Å²) in [6.45, 7) is 1.74. The van der Waals surface area contributed by atoms with Gasteiger partial charge in [-0.3, -0.25) is 9.59 Å². The molecule has 3 aromatic carbocycles. The number of amides is 2. The van der Waals surface area contributed by atoms with Crippen LogP contribution >= 0.6 is 11.8 Å². The molecule has 0 spiro atoms. The molecule has 0 aliphatic carbocycles. The molecule has 1 aliphatic rings. The Hall–Kier alpha value is -4.11. The van der Waals surface area contributed by atoms with Crippen molar-refractivity contribution in [3.8, 4) is 11.5 Å². The number of ether oxygens (including phenoxy) is 2. The minimum atomic E-state index is -0.399. The molecule has 0 unspecified atom stereocenters. The lowest BCUT2D eigenvalue weighted by Crippen LogP contribution is -2.20. The molecule has 9 heteroatoms. The minimum Gasteiger partial charge on any atom is -0.493 e. The average Bonchev–Trinajstić information content (AvgIpc) is 3.19. The fraction of sp³-hybridized carbons (Fsp3) is 0.115. The van der Waals surface area contributed by atoms with E-state index in [1.54, 1.807) is 24.3 Å². The number of aryl methyl sites for hydroxylation is 1. The second kappa shape index (κ2) is 10.9. The smallest absolute Gasteiger partial charge is 0.264 e. The van der Waals surface area contributed by atoms with Crippen LogP contribution in [-0.4, -0.2) is 30.7 Å². The largest absolute Gasteiger partial charge is 0.493 e. The highest BCUT2D eigenvalue weighted by atomic mass is 32.2. The molecule has 0 radical (unpaired) electrons. The molecule has 3 aromatic rings. The van der Waals surface area contributed by atoms with E-state index in [0.717, 1.165) is 16.8 Å². The Balaban J connectivity index is 1.41. The number of hydrogen-bond donors (Lipinski definition) is 2. The number of nitrogens with one attached hydrogen (secondary N) is 2. The first kappa shape index (κ1) is 24.0. The molecule has 0 aromatic heterocycles. The van der Waals surface area contributed by atoms with Crippen LogP contribution in [0.5, 0.6) is 11.5 Å². The monoisotopic (exact) mass is 491 g/mol. The summed E-state index contributed by atoms with van der Waals surface area (Å²) in [5, 5.41) is 5.90. The van der Waals surface area contributed by atoms with Gasteiger partial charge in [0.1, 0.15) is 5.82 Å². The highest BCUT2D eigenvalue weighted by molar-refractivity contribution is 8.18. The zero-order valence-electron chi connectivity index (χ0n) is 19.0. The summed E-state index contributed by atoms with van der Waals surface area (Å²) in [6, 6.07) is 18.3. The zero-order valence-corrected chi connectivity index (χ0v) is 19.8. The molecule has 178 valence electrons. The lowest BCUT2D eigenvalue weighted by molar-refractivity contribution is -0.118. The quantitative estimate of drug-likeness (QED) is 0.452. The Bertz CT molecular complexity index is 1310. The fourth-order valence-electron chi connectivity index (χ4n) is 3.14. The molecular weight excluding hydrogens is 469 g/mol. The Kier molecular flexibility index (Phi) is 7.47. The van der Waals surface area contributed by atoms with Gasteiger partial charge >= 0.3 is 0 Å². The lowest BCUT2D eigenvalue weighted by Gasteiger charge is -2.11. The second-order valence-corrected chi connectivity index (χ2v) is 8.60. The van der Waals surface area contributed by atoms with Gasteiger partial charge in [0.25, 0.3) is 11.8 Å². The van der Waals surface area contributed by atoms with Crippen molar-refractivity contribution in [3.05, 3.63) is 88.6 Å². The number of nitrogens with zero attached hydrogens (tertiary/aromatic N) is 1. The van der Waals surface area contributed by atoms with Gasteiger partial charge in [-0.25, -0.2) is 9.38 Å². The van der Waals surface area contributed by atoms with Gasteiger partial charge in [0.2, 0.25) is 0 Å². The maximum Gasteiger partial charge on any atom is 0.264 e. The van der Waals surface area contributed by atoms with Gasteiger partial charge < -0.3 is 20.1 Å². The molecule has 1 fully saturated rings. The lowest BCUT2D eigenvalue weighted by atomic mass is 10.2. The number of hydrogen-bond acceptors (Lipinski definition) is 6. The van der Waals surface area contributed by atoms with E-state index < -0.39 is 5.91 Å². The minimum absolute atomic E-state index is 0.238. The van der Waals surface area contributed by atoms with E-state index in [-0.39, 0.29) is 18.3 Å². The summed E-state index contributed by atoms with van der Waals surface area (Å²) in [5.41, 5.74) is 3.07. The number of anilines is 1. The Morgan fingerprint density at radius 3 is 2.54 bits per heavy atom. The zero-order chi connectivity index (χ0) is 24.8. The summed E-state index contributed by atoms with van der Waals surface area (Å²) in [4.78, 5) is 29.5. The third-order valence-electron chi connectivity index (χ3n) is 4.89. The summed E-state index contributed by atoms with van der Waals surface area (Å²) in [7, 11) is 1.49. The van der Waals surface area contributed by atoms with Gasteiger partial charge in [-0.2, -0.15) is 0 Å². The molecule has 0 atom stereocenters. The van der Waals surface area contributed by atoms with Crippen molar-refractivity contribution in [3.63, 3.8) is 0 Å². The van der Waals surface area contributed by atoms with Crippen LogP contribution in [0, 0.1) is 12.7 Å². The van der Waals surface area contributed by atoms with E-state index in [1.807, 2.05) is 31.2 Å². The number of methoxy groups -OCH3 is 1. The van der Waals surface area contributed by atoms with E-state index in [2.05, 4.69) is 15.6 Å². The highest BCUT2D eigenvalue weighted by Gasteiger charge is 2.24.